The molecule has 1 aromatic heterocycles. The number of carbonyl (C=O) groups excluding carboxylic acids is 2. The van der Waals surface area contributed by atoms with Gasteiger partial charge in [0, 0.05) is 10.6 Å². The van der Waals surface area contributed by atoms with Gasteiger partial charge in [0.1, 0.15) is 9.88 Å². The summed E-state index contributed by atoms with van der Waals surface area (Å²) in [6.45, 7) is 3.15. The number of hydrogen-bond donors (Lipinski definition) is 2. The number of rotatable bonds is 5. The number of halogens is 2. The second-order valence-corrected chi connectivity index (χ2v) is 7.51. The zero-order valence-corrected chi connectivity index (χ0v) is 17.1. The van der Waals surface area contributed by atoms with Crippen molar-refractivity contribution in [2.75, 3.05) is 0 Å². The van der Waals surface area contributed by atoms with Crippen LogP contribution in [0.4, 0.5) is 4.39 Å². The van der Waals surface area contributed by atoms with Crippen LogP contribution in [0.1, 0.15) is 22.3 Å². The van der Waals surface area contributed by atoms with Gasteiger partial charge in [-0.15, -0.1) is 11.3 Å². The lowest BCUT2D eigenvalue weighted by atomic mass is 10.2. The highest BCUT2D eigenvalue weighted by atomic mass is 35.5. The zero-order chi connectivity index (χ0) is 21.0. The lowest BCUT2D eigenvalue weighted by molar-refractivity contribution is -0.128. The third kappa shape index (κ3) is 5.10. The molecule has 150 valence electrons. The molecule has 0 unspecified atom stereocenters. The van der Waals surface area contributed by atoms with Crippen LogP contribution >= 0.6 is 22.9 Å². The van der Waals surface area contributed by atoms with Gasteiger partial charge in [-0.1, -0.05) is 35.9 Å². The Balaban J connectivity index is 1.61. The summed E-state index contributed by atoms with van der Waals surface area (Å²) in [7, 11) is 0. The van der Waals surface area contributed by atoms with Crippen LogP contribution in [0.25, 0.3) is 10.6 Å². The Morgan fingerprint density at radius 2 is 1.83 bits per heavy atom. The summed E-state index contributed by atoms with van der Waals surface area (Å²) < 4.78 is 18.9. The van der Waals surface area contributed by atoms with Crippen LogP contribution < -0.4 is 15.6 Å². The molecule has 0 spiro atoms. The third-order valence-electron chi connectivity index (χ3n) is 3.90. The number of para-hydroxylation sites is 1. The smallest absolute Gasteiger partial charge is 0.281 e. The Bertz CT molecular complexity index is 1040. The fraction of sp³-hybridized carbons (Fsp3) is 0.150. The molecule has 9 heteroatoms. The molecule has 2 amide bonds. The van der Waals surface area contributed by atoms with Crippen LogP contribution in [0.5, 0.6) is 5.75 Å². The maximum Gasteiger partial charge on any atom is 0.281 e. The fourth-order valence-corrected chi connectivity index (χ4v) is 3.48. The third-order valence-corrected chi connectivity index (χ3v) is 5.36. The minimum absolute atomic E-state index is 0.0487. The number of hydrogen-bond acceptors (Lipinski definition) is 5. The van der Waals surface area contributed by atoms with Gasteiger partial charge in [0.25, 0.3) is 11.8 Å². The van der Waals surface area contributed by atoms with Crippen molar-refractivity contribution in [2.45, 2.75) is 20.0 Å². The number of aromatic nitrogens is 1. The van der Waals surface area contributed by atoms with Gasteiger partial charge in [0.2, 0.25) is 0 Å². The molecule has 1 atom stereocenters. The number of hydrazine groups is 1. The van der Waals surface area contributed by atoms with E-state index < -0.39 is 23.7 Å². The summed E-state index contributed by atoms with van der Waals surface area (Å²) in [6.07, 6.45) is -1.01. The van der Waals surface area contributed by atoms with Crippen molar-refractivity contribution in [3.8, 4) is 16.3 Å². The van der Waals surface area contributed by atoms with Crippen LogP contribution in [-0.2, 0) is 4.79 Å². The largest absolute Gasteiger partial charge is 0.478 e. The van der Waals surface area contributed by atoms with E-state index in [1.165, 1.54) is 36.5 Å². The molecule has 6 nitrogen and oxygen atoms in total. The van der Waals surface area contributed by atoms with E-state index in [2.05, 4.69) is 15.8 Å². The van der Waals surface area contributed by atoms with Gasteiger partial charge in [-0.2, -0.15) is 0 Å². The zero-order valence-electron chi connectivity index (χ0n) is 15.5. The molecule has 0 fully saturated rings. The first kappa shape index (κ1) is 20.8. The van der Waals surface area contributed by atoms with E-state index >= 15 is 0 Å². The van der Waals surface area contributed by atoms with Crippen LogP contribution in [0.3, 0.4) is 0 Å². The van der Waals surface area contributed by atoms with Crippen molar-refractivity contribution in [1.82, 2.24) is 15.8 Å². The summed E-state index contributed by atoms with van der Waals surface area (Å²) in [5.41, 5.74) is 5.97. The summed E-state index contributed by atoms with van der Waals surface area (Å²) in [6, 6.07) is 12.9. The van der Waals surface area contributed by atoms with E-state index in [1.807, 2.05) is 12.1 Å². The molecule has 2 aromatic carbocycles. The molecular weight excluding hydrogens is 417 g/mol. The second-order valence-electron chi connectivity index (χ2n) is 6.07. The Labute approximate surface area is 175 Å². The van der Waals surface area contributed by atoms with Gasteiger partial charge in [0.05, 0.1) is 5.69 Å². The molecule has 0 aliphatic carbocycles. The van der Waals surface area contributed by atoms with Gasteiger partial charge < -0.3 is 4.74 Å². The van der Waals surface area contributed by atoms with Crippen molar-refractivity contribution in [3.63, 3.8) is 0 Å². The Kier molecular flexibility index (Phi) is 6.46. The first-order valence-corrected chi connectivity index (χ1v) is 9.79. The molecule has 0 radical (unpaired) electrons. The highest BCUT2D eigenvalue weighted by molar-refractivity contribution is 7.17. The SMILES string of the molecule is Cc1nc(-c2ccc(Cl)cc2)sc1C(=O)NNC(=O)[C@@H](C)Oc1ccccc1F. The maximum atomic E-state index is 13.6. The topological polar surface area (TPSA) is 80.3 Å². The summed E-state index contributed by atoms with van der Waals surface area (Å²) in [4.78, 5) is 29.3. The molecule has 0 bridgehead atoms. The molecule has 0 aliphatic rings. The lowest BCUT2D eigenvalue weighted by Crippen LogP contribution is -2.47. The van der Waals surface area contributed by atoms with E-state index in [1.54, 1.807) is 25.1 Å². The van der Waals surface area contributed by atoms with Gasteiger partial charge in [-0.05, 0) is 38.1 Å². The summed E-state index contributed by atoms with van der Waals surface area (Å²) >= 11 is 7.08. The normalized spacial score (nSPS) is 11.6. The number of nitrogens with zero attached hydrogens (tertiary/aromatic N) is 1. The highest BCUT2D eigenvalue weighted by Crippen LogP contribution is 2.28. The minimum Gasteiger partial charge on any atom is -0.478 e. The van der Waals surface area contributed by atoms with Gasteiger partial charge in [0.15, 0.2) is 17.7 Å². The monoisotopic (exact) mass is 433 g/mol. The average Bonchev–Trinajstić information content (AvgIpc) is 3.09. The van der Waals surface area contributed by atoms with E-state index in [4.69, 9.17) is 16.3 Å². The molecule has 0 saturated carbocycles. The van der Waals surface area contributed by atoms with Crippen molar-refractivity contribution in [3.05, 3.63) is 69.9 Å². The van der Waals surface area contributed by atoms with Crippen LogP contribution in [0.15, 0.2) is 48.5 Å². The molecule has 2 N–H and O–H groups in total. The number of amides is 2. The predicted molar refractivity (Wildman–Crippen MR) is 109 cm³/mol. The average molecular weight is 434 g/mol. The standard InChI is InChI=1S/C20H17ClFN3O3S/c1-11-17(29-20(23-11)13-7-9-14(21)10-8-13)19(27)25-24-18(26)12(2)28-16-6-4-3-5-15(16)22/h3-10,12H,1-2H3,(H,24,26)(H,25,27)/t12-/m1/s1. The number of carbonyl (C=O) groups is 2. The van der Waals surface area contributed by atoms with E-state index in [9.17, 15) is 14.0 Å². The lowest BCUT2D eigenvalue weighted by Gasteiger charge is -2.15. The molecule has 0 aliphatic heterocycles. The van der Waals surface area contributed by atoms with Crippen molar-refractivity contribution >= 4 is 34.8 Å². The molecule has 1 heterocycles. The van der Waals surface area contributed by atoms with Gasteiger partial charge >= 0.3 is 0 Å². The number of nitrogens with one attached hydrogen (secondary N) is 2. The van der Waals surface area contributed by atoms with Gasteiger partial charge in [-0.25, -0.2) is 9.37 Å². The number of aryl methyl sites for hydroxylation is 1. The Morgan fingerprint density at radius 1 is 1.14 bits per heavy atom. The Hall–Kier alpha value is -2.97. The number of benzene rings is 2. The highest BCUT2D eigenvalue weighted by Gasteiger charge is 2.20. The molecule has 3 aromatic rings. The van der Waals surface area contributed by atoms with E-state index in [0.29, 0.717) is 20.6 Å². The minimum atomic E-state index is -1.01. The van der Waals surface area contributed by atoms with Crippen molar-refractivity contribution in [2.24, 2.45) is 0 Å². The van der Waals surface area contributed by atoms with Crippen molar-refractivity contribution < 1.29 is 18.7 Å². The Morgan fingerprint density at radius 3 is 2.52 bits per heavy atom. The first-order chi connectivity index (χ1) is 13.8. The molecule has 0 saturated heterocycles. The number of ether oxygens (including phenoxy) is 1. The van der Waals surface area contributed by atoms with Gasteiger partial charge in [-0.3, -0.25) is 20.4 Å². The van der Waals surface area contributed by atoms with Crippen LogP contribution in [0.2, 0.25) is 5.02 Å². The first-order valence-electron chi connectivity index (χ1n) is 8.60. The summed E-state index contributed by atoms with van der Waals surface area (Å²) in [5.74, 6) is -1.76. The molecular formula is C20H17ClFN3O3S. The molecule has 3 rings (SSSR count). The van der Waals surface area contributed by atoms with E-state index in [-0.39, 0.29) is 5.75 Å². The summed E-state index contributed by atoms with van der Waals surface area (Å²) in [5, 5.41) is 1.27. The second kappa shape index (κ2) is 9.02. The fourth-order valence-electron chi connectivity index (χ4n) is 2.38. The van der Waals surface area contributed by atoms with Crippen molar-refractivity contribution in [1.29, 1.82) is 0 Å². The number of thiazole rings is 1. The maximum absolute atomic E-state index is 13.6. The van der Waals surface area contributed by atoms with Crippen LogP contribution in [-0.4, -0.2) is 22.9 Å². The molecule has 29 heavy (non-hydrogen) atoms. The predicted octanol–water partition coefficient (Wildman–Crippen LogP) is 4.14. The quantitative estimate of drug-likeness (QED) is 0.592. The van der Waals surface area contributed by atoms with Crippen LogP contribution in [0, 0.1) is 12.7 Å². The van der Waals surface area contributed by atoms with E-state index in [0.717, 1.165) is 5.56 Å².